The topological polar surface area (TPSA) is 46.6 Å². The summed E-state index contributed by atoms with van der Waals surface area (Å²) in [5.41, 5.74) is 0.854. The van der Waals surface area contributed by atoms with Crippen molar-refractivity contribution in [2.75, 3.05) is 13.2 Å². The first-order valence-electron chi connectivity index (χ1n) is 6.74. The second-order valence-electron chi connectivity index (χ2n) is 4.46. The van der Waals surface area contributed by atoms with Gasteiger partial charge in [0.05, 0.1) is 16.0 Å². The maximum atomic E-state index is 12.0. The first-order valence-corrected chi connectivity index (χ1v) is 8.35. The van der Waals surface area contributed by atoms with Crippen molar-refractivity contribution in [1.82, 2.24) is 4.90 Å². The van der Waals surface area contributed by atoms with Crippen LogP contribution < -0.4 is 4.74 Å². The smallest absolute Gasteiger partial charge is 0.293 e. The molecular weight excluding hydrogens is 354 g/mol. The molecule has 0 aliphatic carbocycles. The molecule has 0 saturated carbocycles. The normalized spacial score (nSPS) is 16.9. The van der Waals surface area contributed by atoms with Gasteiger partial charge in [0.1, 0.15) is 5.75 Å². The predicted octanol–water partition coefficient (Wildman–Crippen LogP) is 4.29. The summed E-state index contributed by atoms with van der Waals surface area (Å²) in [7, 11) is 0. The number of benzene rings is 1. The Kier molecular flexibility index (Phi) is 5.47. The zero-order valence-corrected chi connectivity index (χ0v) is 14.3. The van der Waals surface area contributed by atoms with E-state index in [1.54, 1.807) is 13.0 Å². The average molecular weight is 370 g/mol. The van der Waals surface area contributed by atoms with Gasteiger partial charge in [-0.2, -0.15) is 0 Å². The SMILES string of the molecule is CCCOc1ccc(/C=C2\SC(=O)N(CC)C2=O)cc1Br. The van der Waals surface area contributed by atoms with Crippen LogP contribution in [0, 0.1) is 0 Å². The molecule has 1 aliphatic rings. The van der Waals surface area contributed by atoms with E-state index in [-0.39, 0.29) is 11.1 Å². The van der Waals surface area contributed by atoms with Crippen molar-refractivity contribution in [3.63, 3.8) is 0 Å². The Morgan fingerprint density at radius 3 is 2.67 bits per heavy atom. The van der Waals surface area contributed by atoms with E-state index in [1.807, 2.05) is 25.1 Å². The molecule has 0 radical (unpaired) electrons. The molecule has 0 aromatic heterocycles. The quantitative estimate of drug-likeness (QED) is 0.726. The minimum atomic E-state index is -0.227. The van der Waals surface area contributed by atoms with Gasteiger partial charge in [-0.3, -0.25) is 14.5 Å². The second-order valence-corrected chi connectivity index (χ2v) is 6.31. The summed E-state index contributed by atoms with van der Waals surface area (Å²) >= 11 is 4.43. The van der Waals surface area contributed by atoms with Gasteiger partial charge in [-0.1, -0.05) is 13.0 Å². The van der Waals surface area contributed by atoms with E-state index in [2.05, 4.69) is 15.9 Å². The van der Waals surface area contributed by atoms with E-state index >= 15 is 0 Å². The summed E-state index contributed by atoms with van der Waals surface area (Å²) in [6.07, 6.45) is 2.67. The fourth-order valence-corrected chi connectivity index (χ4v) is 3.27. The number of halogens is 1. The van der Waals surface area contributed by atoms with Gasteiger partial charge in [0.2, 0.25) is 0 Å². The van der Waals surface area contributed by atoms with E-state index in [9.17, 15) is 9.59 Å². The Morgan fingerprint density at radius 2 is 2.10 bits per heavy atom. The highest BCUT2D eigenvalue weighted by molar-refractivity contribution is 9.10. The summed E-state index contributed by atoms with van der Waals surface area (Å²) in [4.78, 5) is 25.4. The maximum absolute atomic E-state index is 12.0. The maximum Gasteiger partial charge on any atom is 0.293 e. The molecule has 21 heavy (non-hydrogen) atoms. The van der Waals surface area contributed by atoms with Gasteiger partial charge in [0.15, 0.2) is 0 Å². The third-order valence-corrected chi connectivity index (χ3v) is 4.43. The lowest BCUT2D eigenvalue weighted by Gasteiger charge is -2.08. The molecule has 4 nitrogen and oxygen atoms in total. The number of ether oxygens (including phenoxy) is 1. The number of carbonyl (C=O) groups is 2. The zero-order chi connectivity index (χ0) is 15.4. The standard InChI is InChI=1S/C15H16BrNO3S/c1-3-7-20-12-6-5-10(8-11(12)16)9-13-14(18)17(4-2)15(19)21-13/h5-6,8-9H,3-4,7H2,1-2H3/b13-9-. The number of hydrogen-bond acceptors (Lipinski definition) is 4. The molecule has 0 spiro atoms. The van der Waals surface area contributed by atoms with Crippen molar-refractivity contribution in [3.8, 4) is 5.75 Å². The van der Waals surface area contributed by atoms with Gasteiger partial charge >= 0.3 is 0 Å². The molecule has 1 aromatic rings. The third-order valence-electron chi connectivity index (χ3n) is 2.91. The fraction of sp³-hybridized carbons (Fsp3) is 0.333. The highest BCUT2D eigenvalue weighted by atomic mass is 79.9. The molecular formula is C15H16BrNO3S. The summed E-state index contributed by atoms with van der Waals surface area (Å²) < 4.78 is 6.41. The molecule has 1 aromatic carbocycles. The van der Waals surface area contributed by atoms with Crippen LogP contribution in [0.3, 0.4) is 0 Å². The Hall–Kier alpha value is -1.27. The fourth-order valence-electron chi connectivity index (χ4n) is 1.86. The monoisotopic (exact) mass is 369 g/mol. The zero-order valence-electron chi connectivity index (χ0n) is 11.9. The van der Waals surface area contributed by atoms with Crippen LogP contribution in [0.15, 0.2) is 27.6 Å². The number of amides is 2. The first-order chi connectivity index (χ1) is 10.1. The number of nitrogens with zero attached hydrogens (tertiary/aromatic N) is 1. The molecule has 0 atom stereocenters. The van der Waals surface area contributed by atoms with Crippen LogP contribution in [-0.4, -0.2) is 29.2 Å². The van der Waals surface area contributed by atoms with Crippen LogP contribution in [0.5, 0.6) is 5.75 Å². The Labute approximate surface area is 136 Å². The summed E-state index contributed by atoms with van der Waals surface area (Å²) in [6.45, 7) is 4.89. The van der Waals surface area contributed by atoms with E-state index < -0.39 is 0 Å². The first kappa shape index (κ1) is 16.1. The van der Waals surface area contributed by atoms with Gasteiger partial charge in [-0.05, 0) is 64.8 Å². The average Bonchev–Trinajstić information content (AvgIpc) is 2.72. The van der Waals surface area contributed by atoms with Gasteiger partial charge < -0.3 is 4.74 Å². The van der Waals surface area contributed by atoms with Crippen molar-refractivity contribution in [3.05, 3.63) is 33.1 Å². The highest BCUT2D eigenvalue weighted by Gasteiger charge is 2.33. The van der Waals surface area contributed by atoms with Crippen molar-refractivity contribution in [2.45, 2.75) is 20.3 Å². The van der Waals surface area contributed by atoms with Crippen LogP contribution in [0.4, 0.5) is 4.79 Å². The number of imide groups is 1. The van der Waals surface area contributed by atoms with E-state index in [4.69, 9.17) is 4.74 Å². The Morgan fingerprint density at radius 1 is 1.33 bits per heavy atom. The van der Waals surface area contributed by atoms with E-state index in [0.29, 0.717) is 18.1 Å². The number of hydrogen-bond donors (Lipinski definition) is 0. The molecule has 112 valence electrons. The van der Waals surface area contributed by atoms with Gasteiger partial charge in [0, 0.05) is 6.54 Å². The number of carbonyl (C=O) groups excluding carboxylic acids is 2. The van der Waals surface area contributed by atoms with E-state index in [1.165, 1.54) is 4.90 Å². The Balaban J connectivity index is 2.20. The van der Waals surface area contributed by atoms with Gasteiger partial charge in [0.25, 0.3) is 11.1 Å². The minimum absolute atomic E-state index is 0.212. The summed E-state index contributed by atoms with van der Waals surface area (Å²) in [5.74, 6) is 0.547. The number of thioether (sulfide) groups is 1. The molecule has 1 saturated heterocycles. The van der Waals surface area contributed by atoms with Crippen LogP contribution in [0.25, 0.3) is 6.08 Å². The molecule has 2 amide bonds. The summed E-state index contributed by atoms with van der Waals surface area (Å²) in [6, 6.07) is 5.61. The lowest BCUT2D eigenvalue weighted by molar-refractivity contribution is -0.122. The molecule has 0 bridgehead atoms. The molecule has 1 fully saturated rings. The van der Waals surface area contributed by atoms with Crippen LogP contribution >= 0.6 is 27.7 Å². The largest absolute Gasteiger partial charge is 0.492 e. The lowest BCUT2D eigenvalue weighted by Crippen LogP contribution is -2.27. The van der Waals surface area contributed by atoms with E-state index in [0.717, 1.165) is 34.0 Å². The van der Waals surface area contributed by atoms with Gasteiger partial charge in [-0.15, -0.1) is 0 Å². The number of likely N-dealkylation sites (N-methyl/N-ethyl adjacent to an activating group) is 1. The van der Waals surface area contributed by atoms with Gasteiger partial charge in [-0.25, -0.2) is 0 Å². The second kappa shape index (κ2) is 7.13. The molecule has 1 aliphatic heterocycles. The molecule has 2 rings (SSSR count). The number of rotatable bonds is 5. The van der Waals surface area contributed by atoms with Crippen molar-refractivity contribution < 1.29 is 14.3 Å². The van der Waals surface area contributed by atoms with Crippen LogP contribution in [0.2, 0.25) is 0 Å². The lowest BCUT2D eigenvalue weighted by atomic mass is 10.2. The molecule has 1 heterocycles. The van der Waals surface area contributed by atoms with Crippen molar-refractivity contribution in [1.29, 1.82) is 0 Å². The van der Waals surface area contributed by atoms with Crippen molar-refractivity contribution >= 4 is 44.9 Å². The van der Waals surface area contributed by atoms with Crippen molar-refractivity contribution in [2.24, 2.45) is 0 Å². The molecule has 6 heteroatoms. The minimum Gasteiger partial charge on any atom is -0.492 e. The third kappa shape index (κ3) is 3.68. The molecule has 0 unspecified atom stereocenters. The highest BCUT2D eigenvalue weighted by Crippen LogP contribution is 2.33. The summed E-state index contributed by atoms with van der Waals surface area (Å²) in [5, 5.41) is -0.212. The molecule has 0 N–H and O–H groups in total. The van der Waals surface area contributed by atoms with Crippen LogP contribution in [0.1, 0.15) is 25.8 Å². The van der Waals surface area contributed by atoms with Crippen LogP contribution in [-0.2, 0) is 4.79 Å². The Bertz CT molecular complexity index is 601. The predicted molar refractivity (Wildman–Crippen MR) is 88.3 cm³/mol.